The fourth-order valence-electron chi connectivity index (χ4n) is 2.07. The van der Waals surface area contributed by atoms with E-state index in [9.17, 15) is 0 Å². The fraction of sp³-hybridized carbons (Fsp3) is 0.250. The molecule has 0 aliphatic rings. The molecule has 0 radical (unpaired) electrons. The lowest BCUT2D eigenvalue weighted by Crippen LogP contribution is -2.16. The Labute approximate surface area is 109 Å². The summed E-state index contributed by atoms with van der Waals surface area (Å²) < 4.78 is 0. The van der Waals surface area contributed by atoms with Gasteiger partial charge in [0, 0.05) is 32.0 Å². The van der Waals surface area contributed by atoms with Crippen LogP contribution in [0.4, 0.5) is 11.4 Å². The lowest BCUT2D eigenvalue weighted by molar-refractivity contribution is 0.922. The van der Waals surface area contributed by atoms with Crippen molar-refractivity contribution in [2.45, 2.75) is 13.5 Å². The molecule has 0 aliphatic heterocycles. The zero-order valence-corrected chi connectivity index (χ0v) is 11.3. The molecule has 2 rings (SSSR count). The summed E-state index contributed by atoms with van der Waals surface area (Å²) in [6, 6.07) is 17.1. The van der Waals surface area contributed by atoms with Crippen LogP contribution in [0.3, 0.4) is 0 Å². The Kier molecular flexibility index (Phi) is 3.88. The molecule has 18 heavy (non-hydrogen) atoms. The smallest absolute Gasteiger partial charge is 0.0426 e. The number of anilines is 2. The second-order valence-corrected chi connectivity index (χ2v) is 4.65. The molecule has 0 saturated heterocycles. The lowest BCUT2D eigenvalue weighted by Gasteiger charge is -2.20. The highest BCUT2D eigenvalue weighted by molar-refractivity contribution is 5.57. The Morgan fingerprint density at radius 1 is 1.06 bits per heavy atom. The average Bonchev–Trinajstić information content (AvgIpc) is 2.39. The van der Waals surface area contributed by atoms with Crippen molar-refractivity contribution in [2.24, 2.45) is 0 Å². The summed E-state index contributed by atoms with van der Waals surface area (Å²) in [5.41, 5.74) is 5.02. The van der Waals surface area contributed by atoms with E-state index in [0.717, 1.165) is 12.2 Å². The van der Waals surface area contributed by atoms with E-state index in [1.54, 1.807) is 0 Å². The Balaban J connectivity index is 2.13. The van der Waals surface area contributed by atoms with Gasteiger partial charge in [-0.15, -0.1) is 0 Å². The maximum absolute atomic E-state index is 3.17. The van der Waals surface area contributed by atoms with E-state index in [0.29, 0.717) is 0 Å². The molecule has 0 bridgehead atoms. The molecule has 0 aromatic heterocycles. The Morgan fingerprint density at radius 2 is 1.83 bits per heavy atom. The topological polar surface area (TPSA) is 15.3 Å². The number of benzene rings is 2. The first kappa shape index (κ1) is 12.5. The normalized spacial score (nSPS) is 10.2. The first-order valence-electron chi connectivity index (χ1n) is 6.23. The number of hydrogen-bond donors (Lipinski definition) is 1. The number of nitrogens with zero attached hydrogens (tertiary/aromatic N) is 1. The molecule has 0 saturated carbocycles. The quantitative estimate of drug-likeness (QED) is 0.877. The maximum atomic E-state index is 3.17. The van der Waals surface area contributed by atoms with Crippen molar-refractivity contribution in [2.75, 3.05) is 24.3 Å². The second kappa shape index (κ2) is 5.58. The molecule has 0 atom stereocenters. The van der Waals surface area contributed by atoms with Crippen molar-refractivity contribution in [1.82, 2.24) is 0 Å². The van der Waals surface area contributed by atoms with Gasteiger partial charge in [-0.1, -0.05) is 35.9 Å². The van der Waals surface area contributed by atoms with Gasteiger partial charge in [-0.25, -0.2) is 0 Å². The SMILES string of the molecule is CNc1cccc(N(C)Cc2cccc(C)c2)c1. The minimum absolute atomic E-state index is 0.925. The predicted molar refractivity (Wildman–Crippen MR) is 79.3 cm³/mol. The van der Waals surface area contributed by atoms with Crippen LogP contribution in [-0.2, 0) is 6.54 Å². The van der Waals surface area contributed by atoms with E-state index in [1.807, 2.05) is 7.05 Å². The predicted octanol–water partition coefficient (Wildman–Crippen LogP) is 3.67. The van der Waals surface area contributed by atoms with Crippen molar-refractivity contribution < 1.29 is 0 Å². The van der Waals surface area contributed by atoms with Gasteiger partial charge in [0.2, 0.25) is 0 Å². The third-order valence-electron chi connectivity index (χ3n) is 3.08. The van der Waals surface area contributed by atoms with Crippen LogP contribution in [0.25, 0.3) is 0 Å². The van der Waals surface area contributed by atoms with Gasteiger partial charge in [0.05, 0.1) is 0 Å². The van der Waals surface area contributed by atoms with E-state index in [4.69, 9.17) is 0 Å². The summed E-state index contributed by atoms with van der Waals surface area (Å²) in [5.74, 6) is 0. The average molecular weight is 240 g/mol. The molecule has 2 aromatic rings. The standard InChI is InChI=1S/C16H20N2/c1-13-6-4-7-14(10-13)12-18(3)16-9-5-8-15(11-16)17-2/h4-11,17H,12H2,1-3H3. The van der Waals surface area contributed by atoms with Crippen LogP contribution in [0.5, 0.6) is 0 Å². The lowest BCUT2D eigenvalue weighted by atomic mass is 10.1. The van der Waals surface area contributed by atoms with Crippen LogP contribution in [0, 0.1) is 6.92 Å². The highest BCUT2D eigenvalue weighted by Gasteiger charge is 2.03. The van der Waals surface area contributed by atoms with E-state index in [1.165, 1.54) is 16.8 Å². The van der Waals surface area contributed by atoms with Crippen molar-refractivity contribution in [1.29, 1.82) is 0 Å². The van der Waals surface area contributed by atoms with Gasteiger partial charge in [0.1, 0.15) is 0 Å². The van der Waals surface area contributed by atoms with E-state index in [-0.39, 0.29) is 0 Å². The Hall–Kier alpha value is -1.96. The molecule has 94 valence electrons. The largest absolute Gasteiger partial charge is 0.388 e. The number of rotatable bonds is 4. The van der Waals surface area contributed by atoms with Crippen molar-refractivity contribution >= 4 is 11.4 Å². The fourth-order valence-corrected chi connectivity index (χ4v) is 2.07. The van der Waals surface area contributed by atoms with Crippen molar-refractivity contribution in [3.63, 3.8) is 0 Å². The molecule has 2 nitrogen and oxygen atoms in total. The summed E-state index contributed by atoms with van der Waals surface area (Å²) >= 11 is 0. The maximum Gasteiger partial charge on any atom is 0.0426 e. The van der Waals surface area contributed by atoms with Gasteiger partial charge in [0.15, 0.2) is 0 Å². The van der Waals surface area contributed by atoms with Gasteiger partial charge >= 0.3 is 0 Å². The highest BCUT2D eigenvalue weighted by Crippen LogP contribution is 2.20. The summed E-state index contributed by atoms with van der Waals surface area (Å²) in [7, 11) is 4.07. The van der Waals surface area contributed by atoms with E-state index >= 15 is 0 Å². The summed E-state index contributed by atoms with van der Waals surface area (Å²) in [4.78, 5) is 2.26. The van der Waals surface area contributed by atoms with Gasteiger partial charge in [-0.3, -0.25) is 0 Å². The van der Waals surface area contributed by atoms with E-state index in [2.05, 4.69) is 72.7 Å². The van der Waals surface area contributed by atoms with Gasteiger partial charge in [-0.2, -0.15) is 0 Å². The number of nitrogens with one attached hydrogen (secondary N) is 1. The zero-order chi connectivity index (χ0) is 13.0. The molecular weight excluding hydrogens is 220 g/mol. The molecule has 0 unspecified atom stereocenters. The zero-order valence-electron chi connectivity index (χ0n) is 11.3. The molecule has 0 fully saturated rings. The highest BCUT2D eigenvalue weighted by atomic mass is 15.1. The molecule has 0 aliphatic carbocycles. The monoisotopic (exact) mass is 240 g/mol. The number of hydrogen-bond acceptors (Lipinski definition) is 2. The first-order chi connectivity index (χ1) is 8.69. The molecule has 2 aromatic carbocycles. The van der Waals surface area contributed by atoms with Crippen LogP contribution >= 0.6 is 0 Å². The van der Waals surface area contributed by atoms with Crippen LogP contribution in [-0.4, -0.2) is 14.1 Å². The van der Waals surface area contributed by atoms with E-state index < -0.39 is 0 Å². The number of aryl methyl sites for hydroxylation is 1. The van der Waals surface area contributed by atoms with Crippen molar-refractivity contribution in [3.05, 3.63) is 59.7 Å². The second-order valence-electron chi connectivity index (χ2n) is 4.65. The third kappa shape index (κ3) is 3.04. The molecule has 0 spiro atoms. The van der Waals surface area contributed by atoms with Crippen LogP contribution in [0.15, 0.2) is 48.5 Å². The molecule has 1 N–H and O–H groups in total. The third-order valence-corrected chi connectivity index (χ3v) is 3.08. The molecule has 2 heteroatoms. The Bertz CT molecular complexity index is 520. The summed E-state index contributed by atoms with van der Waals surface area (Å²) in [6.07, 6.45) is 0. The molecular formula is C16H20N2. The minimum Gasteiger partial charge on any atom is -0.388 e. The summed E-state index contributed by atoms with van der Waals surface area (Å²) in [5, 5.41) is 3.17. The van der Waals surface area contributed by atoms with Gasteiger partial charge < -0.3 is 10.2 Å². The Morgan fingerprint density at radius 3 is 2.56 bits per heavy atom. The van der Waals surface area contributed by atoms with Crippen molar-refractivity contribution in [3.8, 4) is 0 Å². The molecule has 0 heterocycles. The minimum atomic E-state index is 0.925. The summed E-state index contributed by atoms with van der Waals surface area (Å²) in [6.45, 7) is 3.06. The van der Waals surface area contributed by atoms with Gasteiger partial charge in [-0.05, 0) is 30.7 Å². The van der Waals surface area contributed by atoms with Crippen LogP contribution < -0.4 is 10.2 Å². The molecule has 0 amide bonds. The first-order valence-corrected chi connectivity index (χ1v) is 6.23. The van der Waals surface area contributed by atoms with Gasteiger partial charge in [0.25, 0.3) is 0 Å². The van der Waals surface area contributed by atoms with Crippen LogP contribution in [0.1, 0.15) is 11.1 Å². The van der Waals surface area contributed by atoms with Crippen LogP contribution in [0.2, 0.25) is 0 Å².